The van der Waals surface area contributed by atoms with Gasteiger partial charge in [0.15, 0.2) is 0 Å². The number of carbonyl (C=O) groups excluding carboxylic acids is 1. The lowest BCUT2D eigenvalue weighted by Gasteiger charge is -2.10. The number of pyridine rings is 1. The third-order valence-corrected chi connectivity index (χ3v) is 3.65. The Kier molecular flexibility index (Phi) is 5.09. The van der Waals surface area contributed by atoms with Gasteiger partial charge in [-0.1, -0.05) is 12.1 Å². The van der Waals surface area contributed by atoms with Gasteiger partial charge in [-0.25, -0.2) is 0 Å². The largest absolute Gasteiger partial charge is 0.489 e. The van der Waals surface area contributed by atoms with Crippen molar-refractivity contribution in [1.29, 1.82) is 0 Å². The topological polar surface area (TPSA) is 69.0 Å². The van der Waals surface area contributed by atoms with Crippen molar-refractivity contribution < 1.29 is 9.53 Å². The maximum absolute atomic E-state index is 12.5. The van der Waals surface area contributed by atoms with Crippen molar-refractivity contribution in [2.24, 2.45) is 0 Å². The molecule has 25 heavy (non-hydrogen) atoms. The summed E-state index contributed by atoms with van der Waals surface area (Å²) in [6, 6.07) is 12.9. The fraction of sp³-hybridized carbons (Fsp3) is 0.211. The molecule has 0 saturated carbocycles. The number of aromatic nitrogens is 3. The lowest BCUT2D eigenvalue weighted by Crippen LogP contribution is -2.17. The van der Waals surface area contributed by atoms with Crippen molar-refractivity contribution in [2.45, 2.75) is 27.0 Å². The van der Waals surface area contributed by atoms with E-state index in [4.69, 9.17) is 4.74 Å². The van der Waals surface area contributed by atoms with Crippen LogP contribution in [-0.2, 0) is 13.2 Å². The molecule has 1 N–H and O–H groups in total. The highest BCUT2D eigenvalue weighted by molar-refractivity contribution is 6.03. The lowest BCUT2D eigenvalue weighted by molar-refractivity contribution is 0.101. The number of nitrogens with zero attached hydrogens (tertiary/aromatic N) is 3. The number of amides is 1. The van der Waals surface area contributed by atoms with Crippen molar-refractivity contribution in [3.8, 4) is 5.75 Å². The van der Waals surface area contributed by atoms with Gasteiger partial charge in [-0.2, -0.15) is 5.10 Å². The molecule has 0 aliphatic heterocycles. The van der Waals surface area contributed by atoms with Gasteiger partial charge in [-0.05, 0) is 38.1 Å². The molecule has 0 bridgehead atoms. The Morgan fingerprint density at radius 1 is 1.24 bits per heavy atom. The molecule has 128 valence electrons. The summed E-state index contributed by atoms with van der Waals surface area (Å²) < 4.78 is 7.45. The number of hydrogen-bond donors (Lipinski definition) is 1. The molecular weight excluding hydrogens is 316 g/mol. The second-order valence-electron chi connectivity index (χ2n) is 5.62. The first-order chi connectivity index (χ1) is 12.2. The zero-order valence-electron chi connectivity index (χ0n) is 14.3. The van der Waals surface area contributed by atoms with Crippen LogP contribution in [0.4, 0.5) is 5.69 Å². The van der Waals surface area contributed by atoms with E-state index in [1.54, 1.807) is 29.2 Å². The normalized spacial score (nSPS) is 10.5. The van der Waals surface area contributed by atoms with Crippen molar-refractivity contribution >= 4 is 11.6 Å². The predicted molar refractivity (Wildman–Crippen MR) is 95.6 cm³/mol. The Balaban J connectivity index is 1.68. The number of aryl methyl sites for hydroxylation is 2. The third kappa shape index (κ3) is 4.23. The average Bonchev–Trinajstić information content (AvgIpc) is 3.02. The molecule has 1 aromatic carbocycles. The highest BCUT2D eigenvalue weighted by Crippen LogP contribution is 2.19. The van der Waals surface area contributed by atoms with Gasteiger partial charge < -0.3 is 10.1 Å². The summed E-state index contributed by atoms with van der Waals surface area (Å²) in [6.07, 6.45) is 3.49. The van der Waals surface area contributed by atoms with Gasteiger partial charge in [0.25, 0.3) is 5.91 Å². The Morgan fingerprint density at radius 3 is 2.88 bits per heavy atom. The molecule has 0 aliphatic carbocycles. The zero-order valence-corrected chi connectivity index (χ0v) is 14.3. The number of hydrogen-bond acceptors (Lipinski definition) is 4. The van der Waals surface area contributed by atoms with E-state index in [-0.39, 0.29) is 5.91 Å². The van der Waals surface area contributed by atoms with Gasteiger partial charge in [-0.15, -0.1) is 0 Å². The van der Waals surface area contributed by atoms with Crippen LogP contribution in [0.15, 0.2) is 54.9 Å². The Bertz CT molecular complexity index is 859. The zero-order chi connectivity index (χ0) is 17.6. The summed E-state index contributed by atoms with van der Waals surface area (Å²) in [7, 11) is 0. The number of benzene rings is 1. The first kappa shape index (κ1) is 16.7. The molecule has 0 aliphatic rings. The smallest absolute Gasteiger partial charge is 0.273 e. The minimum Gasteiger partial charge on any atom is -0.489 e. The molecule has 0 unspecified atom stereocenters. The molecule has 0 saturated heterocycles. The van der Waals surface area contributed by atoms with Crippen LogP contribution < -0.4 is 10.1 Å². The Labute approximate surface area is 146 Å². The number of rotatable bonds is 6. The van der Waals surface area contributed by atoms with Crippen LogP contribution in [-0.4, -0.2) is 20.7 Å². The Morgan fingerprint density at radius 2 is 2.12 bits per heavy atom. The number of nitrogens with one attached hydrogen (secondary N) is 1. The number of ether oxygens (including phenoxy) is 1. The van der Waals surface area contributed by atoms with Gasteiger partial charge in [-0.3, -0.25) is 14.5 Å². The van der Waals surface area contributed by atoms with Crippen LogP contribution in [0.3, 0.4) is 0 Å². The van der Waals surface area contributed by atoms with Gasteiger partial charge in [0.1, 0.15) is 18.1 Å². The average molecular weight is 336 g/mol. The van der Waals surface area contributed by atoms with Crippen LogP contribution in [0, 0.1) is 6.92 Å². The first-order valence-corrected chi connectivity index (χ1v) is 8.13. The van der Waals surface area contributed by atoms with Crippen molar-refractivity contribution in [1.82, 2.24) is 14.8 Å². The predicted octanol–water partition coefficient (Wildman–Crippen LogP) is 3.44. The first-order valence-electron chi connectivity index (χ1n) is 8.13. The maximum Gasteiger partial charge on any atom is 0.273 e. The summed E-state index contributed by atoms with van der Waals surface area (Å²) in [4.78, 5) is 16.5. The Hall–Kier alpha value is -3.15. The molecule has 6 nitrogen and oxygen atoms in total. The van der Waals surface area contributed by atoms with E-state index in [1.807, 2.05) is 44.2 Å². The van der Waals surface area contributed by atoms with E-state index in [0.29, 0.717) is 30.3 Å². The van der Waals surface area contributed by atoms with E-state index >= 15 is 0 Å². The fourth-order valence-corrected chi connectivity index (χ4v) is 2.48. The molecule has 0 radical (unpaired) electrons. The summed E-state index contributed by atoms with van der Waals surface area (Å²) in [5.41, 5.74) is 3.02. The van der Waals surface area contributed by atoms with Crippen molar-refractivity contribution in [3.63, 3.8) is 0 Å². The molecule has 6 heteroatoms. The monoisotopic (exact) mass is 336 g/mol. The van der Waals surface area contributed by atoms with Crippen LogP contribution in [0.2, 0.25) is 0 Å². The third-order valence-electron chi connectivity index (χ3n) is 3.65. The molecule has 0 fully saturated rings. The molecular formula is C19H20N4O2. The maximum atomic E-state index is 12.5. The summed E-state index contributed by atoms with van der Waals surface area (Å²) in [5.74, 6) is 0.494. The van der Waals surface area contributed by atoms with Crippen LogP contribution in [0.25, 0.3) is 0 Å². The highest BCUT2D eigenvalue weighted by Gasteiger charge is 2.13. The van der Waals surface area contributed by atoms with Gasteiger partial charge in [0.2, 0.25) is 0 Å². The number of carbonyl (C=O) groups is 1. The van der Waals surface area contributed by atoms with E-state index in [9.17, 15) is 4.79 Å². The van der Waals surface area contributed by atoms with E-state index in [0.717, 1.165) is 11.3 Å². The van der Waals surface area contributed by atoms with Gasteiger partial charge in [0.05, 0.1) is 5.69 Å². The van der Waals surface area contributed by atoms with Crippen molar-refractivity contribution in [2.75, 3.05) is 5.32 Å². The molecule has 1 amide bonds. The summed E-state index contributed by atoms with van der Waals surface area (Å²) >= 11 is 0. The molecule has 2 aromatic heterocycles. The molecule has 3 rings (SSSR count). The molecule has 2 heterocycles. The van der Waals surface area contributed by atoms with E-state index in [2.05, 4.69) is 15.4 Å². The van der Waals surface area contributed by atoms with Crippen molar-refractivity contribution in [3.05, 3.63) is 71.8 Å². The molecule has 0 atom stereocenters. The summed E-state index contributed by atoms with van der Waals surface area (Å²) in [6.45, 7) is 4.89. The molecule has 0 spiro atoms. The quantitative estimate of drug-likeness (QED) is 0.749. The second-order valence-corrected chi connectivity index (χ2v) is 5.62. The second kappa shape index (κ2) is 7.61. The minimum absolute atomic E-state index is 0.188. The summed E-state index contributed by atoms with van der Waals surface area (Å²) in [5, 5.41) is 7.19. The van der Waals surface area contributed by atoms with Crippen LogP contribution >= 0.6 is 0 Å². The van der Waals surface area contributed by atoms with Gasteiger partial charge in [0, 0.05) is 36.3 Å². The minimum atomic E-state index is -0.188. The van der Waals surface area contributed by atoms with E-state index < -0.39 is 0 Å². The standard InChI is InChI=1S/C19H20N4O2/c1-3-23-18(10-14(2)22-23)19(24)21-16-7-4-8-17(11-16)25-13-15-6-5-9-20-12-15/h4-12H,3,13H2,1-2H3,(H,21,24). The SMILES string of the molecule is CCn1nc(C)cc1C(=O)Nc1cccc(OCc2cccnc2)c1. The van der Waals surface area contributed by atoms with Gasteiger partial charge >= 0.3 is 0 Å². The fourth-order valence-electron chi connectivity index (χ4n) is 2.48. The van der Waals surface area contributed by atoms with E-state index in [1.165, 1.54) is 0 Å². The van der Waals surface area contributed by atoms with Crippen LogP contribution in [0.5, 0.6) is 5.75 Å². The van der Waals surface area contributed by atoms with Crippen LogP contribution in [0.1, 0.15) is 28.7 Å². The lowest BCUT2D eigenvalue weighted by atomic mass is 10.2. The molecule has 3 aromatic rings. The highest BCUT2D eigenvalue weighted by atomic mass is 16.5. The number of anilines is 1.